The molecule has 1 aliphatic carbocycles. The van der Waals surface area contributed by atoms with Gasteiger partial charge in [0.15, 0.2) is 0 Å². The lowest BCUT2D eigenvalue weighted by atomic mass is 9.79. The first-order valence-corrected chi connectivity index (χ1v) is 11.0. The molecule has 2 aliphatic heterocycles. The first kappa shape index (κ1) is 17.3. The van der Waals surface area contributed by atoms with Gasteiger partial charge in [0, 0.05) is 26.2 Å². The Hall–Kier alpha value is -1.11. The zero-order valence-electron chi connectivity index (χ0n) is 14.8. The Kier molecular flexibility index (Phi) is 4.77. The lowest BCUT2D eigenvalue weighted by Gasteiger charge is -2.40. The van der Waals surface area contributed by atoms with Gasteiger partial charge in [0.2, 0.25) is 10.0 Å². The molecule has 6 heteroatoms. The van der Waals surface area contributed by atoms with E-state index < -0.39 is 10.0 Å². The van der Waals surface area contributed by atoms with E-state index in [0.717, 1.165) is 64.0 Å². The summed E-state index contributed by atoms with van der Waals surface area (Å²) in [6.45, 7) is 5.13. The Labute approximate surface area is 151 Å². The predicted molar refractivity (Wildman–Crippen MR) is 98.2 cm³/mol. The topological polar surface area (TPSA) is 49.9 Å². The summed E-state index contributed by atoms with van der Waals surface area (Å²) in [5.41, 5.74) is 0.160. The second-order valence-electron chi connectivity index (χ2n) is 7.87. The van der Waals surface area contributed by atoms with Crippen molar-refractivity contribution in [3.63, 3.8) is 0 Å². The van der Waals surface area contributed by atoms with Gasteiger partial charge in [0.05, 0.1) is 5.25 Å². The highest BCUT2D eigenvalue weighted by molar-refractivity contribution is 7.90. The molecule has 2 saturated heterocycles. The lowest BCUT2D eigenvalue weighted by Crippen LogP contribution is -2.46. The minimum atomic E-state index is -3.02. The van der Waals surface area contributed by atoms with Crippen molar-refractivity contribution in [1.29, 1.82) is 0 Å². The van der Waals surface area contributed by atoms with Crippen LogP contribution in [-0.4, -0.2) is 62.2 Å². The van der Waals surface area contributed by atoms with Gasteiger partial charge in [-0.25, -0.2) is 12.7 Å². The van der Waals surface area contributed by atoms with E-state index >= 15 is 0 Å². The van der Waals surface area contributed by atoms with E-state index in [-0.39, 0.29) is 10.7 Å². The Morgan fingerprint density at radius 2 is 1.88 bits per heavy atom. The largest absolute Gasteiger partial charge is 0.492 e. The molecule has 1 aromatic rings. The summed E-state index contributed by atoms with van der Waals surface area (Å²) >= 11 is 0. The zero-order valence-corrected chi connectivity index (χ0v) is 15.6. The number of hydrogen-bond donors (Lipinski definition) is 0. The molecule has 0 N–H and O–H groups in total. The molecule has 1 aromatic carbocycles. The van der Waals surface area contributed by atoms with Crippen LogP contribution >= 0.6 is 0 Å². The number of sulfonamides is 1. The number of likely N-dealkylation sites (tertiary alicyclic amines) is 1. The van der Waals surface area contributed by atoms with Crippen LogP contribution in [0.5, 0.6) is 5.75 Å². The van der Waals surface area contributed by atoms with Gasteiger partial charge >= 0.3 is 0 Å². The number of para-hydroxylation sites is 1. The summed E-state index contributed by atoms with van der Waals surface area (Å²) < 4.78 is 32.7. The third kappa shape index (κ3) is 3.86. The third-order valence-corrected chi connectivity index (χ3v) is 8.21. The number of hydrogen-bond acceptors (Lipinski definition) is 4. The highest BCUT2D eigenvalue weighted by atomic mass is 32.2. The Morgan fingerprint density at radius 1 is 1.08 bits per heavy atom. The monoisotopic (exact) mass is 364 g/mol. The van der Waals surface area contributed by atoms with Crippen LogP contribution in [0.4, 0.5) is 0 Å². The van der Waals surface area contributed by atoms with Crippen molar-refractivity contribution >= 4 is 10.0 Å². The number of piperidine rings is 1. The summed E-state index contributed by atoms with van der Waals surface area (Å²) in [5.74, 6) is 0.914. The zero-order chi connectivity index (χ0) is 17.3. The fraction of sp³-hybridized carbons (Fsp3) is 0.684. The van der Waals surface area contributed by atoms with Gasteiger partial charge in [0.1, 0.15) is 12.4 Å². The molecule has 3 aliphatic rings. The van der Waals surface area contributed by atoms with E-state index in [9.17, 15) is 8.42 Å². The van der Waals surface area contributed by atoms with Crippen LogP contribution in [0.2, 0.25) is 0 Å². The number of benzene rings is 1. The van der Waals surface area contributed by atoms with Crippen molar-refractivity contribution in [2.24, 2.45) is 5.41 Å². The summed E-state index contributed by atoms with van der Waals surface area (Å²) in [4.78, 5) is 2.46. The maximum absolute atomic E-state index is 12.5. The smallest absolute Gasteiger partial charge is 0.217 e. The van der Waals surface area contributed by atoms with Crippen molar-refractivity contribution in [2.45, 2.75) is 37.4 Å². The van der Waals surface area contributed by atoms with Crippen LogP contribution < -0.4 is 4.74 Å². The maximum Gasteiger partial charge on any atom is 0.217 e. The molecule has 1 atom stereocenters. The number of rotatable bonds is 6. The highest BCUT2D eigenvalue weighted by Crippen LogP contribution is 2.42. The van der Waals surface area contributed by atoms with Crippen molar-refractivity contribution in [3.05, 3.63) is 30.3 Å². The maximum atomic E-state index is 12.5. The normalized spacial score (nSPS) is 28.5. The van der Waals surface area contributed by atoms with Gasteiger partial charge in [-0.15, -0.1) is 0 Å². The van der Waals surface area contributed by atoms with Crippen molar-refractivity contribution in [2.75, 3.05) is 39.3 Å². The molecule has 25 heavy (non-hydrogen) atoms. The second-order valence-corrected chi connectivity index (χ2v) is 10.1. The molecule has 0 radical (unpaired) electrons. The van der Waals surface area contributed by atoms with Gasteiger partial charge in [0.25, 0.3) is 0 Å². The molecule has 138 valence electrons. The molecule has 0 unspecified atom stereocenters. The van der Waals surface area contributed by atoms with E-state index in [4.69, 9.17) is 4.74 Å². The molecule has 2 heterocycles. The molecular formula is C19H28N2O3S. The summed E-state index contributed by atoms with van der Waals surface area (Å²) in [5, 5.41) is -0.0818. The predicted octanol–water partition coefficient (Wildman–Crippen LogP) is 2.35. The molecule has 1 spiro atoms. The van der Waals surface area contributed by atoms with Gasteiger partial charge in [-0.3, -0.25) is 4.90 Å². The van der Waals surface area contributed by atoms with Crippen molar-refractivity contribution in [3.8, 4) is 5.75 Å². The lowest BCUT2D eigenvalue weighted by molar-refractivity contribution is 0.0863. The van der Waals surface area contributed by atoms with Crippen LogP contribution in [0.25, 0.3) is 0 Å². The van der Waals surface area contributed by atoms with Gasteiger partial charge < -0.3 is 4.74 Å². The van der Waals surface area contributed by atoms with Crippen LogP contribution in [0.1, 0.15) is 32.1 Å². The Bertz CT molecular complexity index is 690. The second kappa shape index (κ2) is 6.89. The third-order valence-electron chi connectivity index (χ3n) is 5.87. The van der Waals surface area contributed by atoms with Crippen molar-refractivity contribution < 1.29 is 13.2 Å². The van der Waals surface area contributed by atoms with Crippen LogP contribution in [0.3, 0.4) is 0 Å². The first-order chi connectivity index (χ1) is 12.1. The molecule has 3 fully saturated rings. The van der Waals surface area contributed by atoms with E-state index in [0.29, 0.717) is 13.2 Å². The van der Waals surface area contributed by atoms with E-state index in [2.05, 4.69) is 4.90 Å². The molecule has 4 rings (SSSR count). The minimum absolute atomic E-state index is 0.0818. The van der Waals surface area contributed by atoms with Gasteiger partial charge in [-0.1, -0.05) is 18.2 Å². The fourth-order valence-corrected chi connectivity index (χ4v) is 6.28. The standard InChI is InChI=1S/C19H28N2O3S/c22-25(23,18-7-8-18)21-12-10-19(16-21)9-4-11-20(15-19)13-14-24-17-5-2-1-3-6-17/h1-3,5-6,18H,4,7-16H2/t19-/m1/s1. The first-order valence-electron chi connectivity index (χ1n) is 9.47. The van der Waals surface area contributed by atoms with E-state index in [1.54, 1.807) is 4.31 Å². The van der Waals surface area contributed by atoms with Crippen LogP contribution in [0, 0.1) is 5.41 Å². The average Bonchev–Trinajstić information content (AvgIpc) is 3.40. The van der Waals surface area contributed by atoms with Gasteiger partial charge in [-0.05, 0) is 56.2 Å². The minimum Gasteiger partial charge on any atom is -0.492 e. The molecule has 5 nitrogen and oxygen atoms in total. The summed E-state index contributed by atoms with van der Waals surface area (Å²) in [6, 6.07) is 9.92. The van der Waals surface area contributed by atoms with Crippen LogP contribution in [0.15, 0.2) is 30.3 Å². The molecule has 0 aromatic heterocycles. The molecule has 0 amide bonds. The van der Waals surface area contributed by atoms with E-state index in [1.165, 1.54) is 0 Å². The fourth-order valence-electron chi connectivity index (χ4n) is 4.33. The number of nitrogens with zero attached hydrogens (tertiary/aromatic N) is 2. The van der Waals surface area contributed by atoms with E-state index in [1.807, 2.05) is 30.3 Å². The summed E-state index contributed by atoms with van der Waals surface area (Å²) in [7, 11) is -3.02. The highest BCUT2D eigenvalue weighted by Gasteiger charge is 2.48. The van der Waals surface area contributed by atoms with Gasteiger partial charge in [-0.2, -0.15) is 0 Å². The Morgan fingerprint density at radius 3 is 2.64 bits per heavy atom. The molecule has 0 bridgehead atoms. The SMILES string of the molecule is O=S(=O)(C1CC1)N1CC[C@@]2(CCCN(CCOc3ccccc3)C2)C1. The Balaban J connectivity index is 1.30. The quantitative estimate of drug-likeness (QED) is 0.777. The summed E-state index contributed by atoms with van der Waals surface area (Å²) in [6.07, 6.45) is 5.03. The molecule has 1 saturated carbocycles. The average molecular weight is 365 g/mol. The van der Waals surface area contributed by atoms with Crippen LogP contribution in [-0.2, 0) is 10.0 Å². The van der Waals surface area contributed by atoms with Crippen molar-refractivity contribution in [1.82, 2.24) is 9.21 Å². The number of ether oxygens (including phenoxy) is 1. The molecular weight excluding hydrogens is 336 g/mol.